The van der Waals surface area contributed by atoms with Gasteiger partial charge in [0, 0.05) is 52.8 Å². The summed E-state index contributed by atoms with van der Waals surface area (Å²) in [5.41, 5.74) is 10.6. The van der Waals surface area contributed by atoms with Crippen molar-refractivity contribution in [3.05, 3.63) is 176 Å². The Hall–Kier alpha value is -7.41. The molecule has 0 aliphatic carbocycles. The van der Waals surface area contributed by atoms with Crippen LogP contribution in [0.3, 0.4) is 0 Å². The van der Waals surface area contributed by atoms with Crippen LogP contribution in [0.25, 0.3) is 120 Å². The molecular weight excluding hydrogens is 719 g/mol. The maximum Gasteiger partial charge on any atom is 0.167 e. The molecule has 0 atom stereocenters. The van der Waals surface area contributed by atoms with Crippen molar-refractivity contribution < 1.29 is 8.83 Å². The van der Waals surface area contributed by atoms with Crippen molar-refractivity contribution in [1.29, 1.82) is 0 Å². The molecule has 0 unspecified atom stereocenters. The first-order chi connectivity index (χ1) is 28.2. The minimum Gasteiger partial charge on any atom is -0.456 e. The van der Waals surface area contributed by atoms with Crippen LogP contribution in [0.4, 0.5) is 0 Å². The second-order valence-electron chi connectivity index (χ2n) is 14.3. The number of rotatable bonds is 5. The van der Waals surface area contributed by atoms with Gasteiger partial charge in [0.05, 0.1) is 5.56 Å². The number of thiophene rings is 1. The highest BCUT2D eigenvalue weighted by atomic mass is 32.1. The molecular formula is C51H29N3O2S. The van der Waals surface area contributed by atoms with Gasteiger partial charge in [0.1, 0.15) is 22.3 Å². The smallest absolute Gasteiger partial charge is 0.167 e. The molecule has 0 radical (unpaired) electrons. The number of furan rings is 2. The van der Waals surface area contributed by atoms with E-state index in [4.69, 9.17) is 23.8 Å². The molecule has 0 amide bonds. The highest BCUT2D eigenvalue weighted by Crippen LogP contribution is 2.46. The zero-order valence-electron chi connectivity index (χ0n) is 30.3. The van der Waals surface area contributed by atoms with Crippen LogP contribution in [-0.2, 0) is 0 Å². The van der Waals surface area contributed by atoms with Crippen molar-refractivity contribution in [2.45, 2.75) is 0 Å². The van der Waals surface area contributed by atoms with Gasteiger partial charge in [-0.15, -0.1) is 11.3 Å². The summed E-state index contributed by atoms with van der Waals surface area (Å²) in [6.45, 7) is 0. The van der Waals surface area contributed by atoms with E-state index in [1.807, 2.05) is 90.2 Å². The van der Waals surface area contributed by atoms with Crippen LogP contribution in [0, 0.1) is 0 Å². The summed E-state index contributed by atoms with van der Waals surface area (Å²) in [5.74, 6) is 1.79. The third kappa shape index (κ3) is 5.12. The van der Waals surface area contributed by atoms with Gasteiger partial charge >= 0.3 is 0 Å². The molecule has 57 heavy (non-hydrogen) atoms. The Bertz CT molecular complexity index is 3470. The van der Waals surface area contributed by atoms with Gasteiger partial charge in [0.2, 0.25) is 0 Å². The largest absolute Gasteiger partial charge is 0.456 e. The van der Waals surface area contributed by atoms with Gasteiger partial charge in [-0.1, -0.05) is 127 Å². The Morgan fingerprint density at radius 2 is 0.965 bits per heavy atom. The number of benzene rings is 8. The Kier molecular flexibility index (Phi) is 7.03. The van der Waals surface area contributed by atoms with Crippen LogP contribution in [0.5, 0.6) is 0 Å². The highest BCUT2D eigenvalue weighted by Gasteiger charge is 2.21. The maximum atomic E-state index is 6.73. The van der Waals surface area contributed by atoms with Gasteiger partial charge < -0.3 is 8.83 Å². The fourth-order valence-electron chi connectivity index (χ4n) is 8.32. The topological polar surface area (TPSA) is 65.0 Å². The Labute approximate surface area is 330 Å². The molecule has 8 aromatic carbocycles. The van der Waals surface area contributed by atoms with Crippen LogP contribution in [0.1, 0.15) is 0 Å². The summed E-state index contributed by atoms with van der Waals surface area (Å²) in [7, 11) is 0. The van der Waals surface area contributed by atoms with Crippen molar-refractivity contribution in [3.8, 4) is 56.4 Å². The van der Waals surface area contributed by atoms with E-state index in [0.29, 0.717) is 17.5 Å². The highest BCUT2D eigenvalue weighted by molar-refractivity contribution is 7.26. The summed E-state index contributed by atoms with van der Waals surface area (Å²) >= 11 is 1.84. The lowest BCUT2D eigenvalue weighted by Gasteiger charge is -2.11. The average Bonchev–Trinajstić information content (AvgIpc) is 3.97. The predicted octanol–water partition coefficient (Wildman–Crippen LogP) is 14.4. The van der Waals surface area contributed by atoms with Gasteiger partial charge in [0.15, 0.2) is 17.5 Å². The SMILES string of the molecule is c1ccc(-c2nc(-c3ccccc3)nc(-c3cccc4c3oc3ccc(-c5cc(-c6cccc7oc8ccccc8c67)cc6sc7ccccc7c56)cc34)n2)cc1. The van der Waals surface area contributed by atoms with E-state index in [0.717, 1.165) is 77.3 Å². The lowest BCUT2D eigenvalue weighted by Crippen LogP contribution is -2.00. The molecule has 0 saturated heterocycles. The summed E-state index contributed by atoms with van der Waals surface area (Å²) < 4.78 is 15.6. The summed E-state index contributed by atoms with van der Waals surface area (Å²) in [6, 6.07) is 61.0. The van der Waals surface area contributed by atoms with Gasteiger partial charge in [-0.05, 0) is 70.8 Å². The molecule has 0 fully saturated rings. The zero-order valence-corrected chi connectivity index (χ0v) is 31.1. The quantitative estimate of drug-likeness (QED) is 0.175. The summed E-state index contributed by atoms with van der Waals surface area (Å²) in [4.78, 5) is 15.0. The Balaban J connectivity index is 1.07. The van der Waals surface area contributed by atoms with E-state index in [2.05, 4.69) is 97.1 Å². The first-order valence-corrected chi connectivity index (χ1v) is 19.7. The molecule has 12 aromatic rings. The first kappa shape index (κ1) is 31.9. The van der Waals surface area contributed by atoms with Crippen LogP contribution in [0.2, 0.25) is 0 Å². The van der Waals surface area contributed by atoms with E-state index in [9.17, 15) is 0 Å². The van der Waals surface area contributed by atoms with Gasteiger partial charge in [-0.2, -0.15) is 0 Å². The summed E-state index contributed by atoms with van der Waals surface area (Å²) in [5, 5.41) is 6.79. The fourth-order valence-corrected chi connectivity index (χ4v) is 9.50. The van der Waals surface area contributed by atoms with E-state index in [-0.39, 0.29) is 0 Å². The minimum atomic E-state index is 0.563. The molecule has 6 heteroatoms. The normalized spacial score (nSPS) is 11.9. The fraction of sp³-hybridized carbons (Fsp3) is 0. The first-order valence-electron chi connectivity index (χ1n) is 18.9. The molecule has 4 aromatic heterocycles. The molecule has 0 bridgehead atoms. The molecule has 5 nitrogen and oxygen atoms in total. The van der Waals surface area contributed by atoms with Crippen molar-refractivity contribution >= 4 is 75.4 Å². The van der Waals surface area contributed by atoms with Crippen molar-refractivity contribution in [2.75, 3.05) is 0 Å². The second-order valence-corrected chi connectivity index (χ2v) is 15.4. The van der Waals surface area contributed by atoms with Crippen LogP contribution < -0.4 is 0 Å². The van der Waals surface area contributed by atoms with Crippen LogP contribution >= 0.6 is 11.3 Å². The van der Waals surface area contributed by atoms with E-state index in [1.165, 1.54) is 25.7 Å². The standard InChI is InChI=1S/C51H29N3O2S/c1-3-13-30(14-4-1)49-52-50(31-15-5-2-6-16-31)54-51(53-49)38-21-11-20-35-40-27-32(25-26-42(40)56-48(35)38)39-28-33(29-45-47(39)37-18-8-10-24-44(37)57-45)34-19-12-23-43-46(34)36-17-7-9-22-41(36)55-43/h1-29H. The number of aromatic nitrogens is 3. The maximum absolute atomic E-state index is 6.73. The van der Waals surface area contributed by atoms with E-state index in [1.54, 1.807) is 0 Å². The van der Waals surface area contributed by atoms with Crippen LogP contribution in [0.15, 0.2) is 185 Å². The van der Waals surface area contributed by atoms with Crippen molar-refractivity contribution in [2.24, 2.45) is 0 Å². The van der Waals surface area contributed by atoms with Gasteiger partial charge in [0.25, 0.3) is 0 Å². The van der Waals surface area contributed by atoms with Gasteiger partial charge in [-0.25, -0.2) is 15.0 Å². The lowest BCUT2D eigenvalue weighted by atomic mass is 9.92. The molecule has 266 valence electrons. The summed E-state index contributed by atoms with van der Waals surface area (Å²) in [6.07, 6.45) is 0. The predicted molar refractivity (Wildman–Crippen MR) is 234 cm³/mol. The molecule has 0 N–H and O–H groups in total. The zero-order chi connectivity index (χ0) is 37.5. The molecule has 4 heterocycles. The Morgan fingerprint density at radius 1 is 0.333 bits per heavy atom. The molecule has 0 aliphatic heterocycles. The van der Waals surface area contributed by atoms with E-state index >= 15 is 0 Å². The minimum absolute atomic E-state index is 0.563. The van der Waals surface area contributed by atoms with Crippen LogP contribution in [-0.4, -0.2) is 15.0 Å². The number of hydrogen-bond donors (Lipinski definition) is 0. The van der Waals surface area contributed by atoms with E-state index < -0.39 is 0 Å². The number of nitrogens with zero attached hydrogens (tertiary/aromatic N) is 3. The second kappa shape index (κ2) is 12.6. The third-order valence-electron chi connectivity index (χ3n) is 10.9. The number of fused-ring (bicyclic) bond motifs is 9. The molecule has 0 spiro atoms. The molecule has 12 rings (SSSR count). The monoisotopic (exact) mass is 747 g/mol. The third-order valence-corrected chi connectivity index (χ3v) is 12.1. The Morgan fingerprint density at radius 3 is 1.77 bits per heavy atom. The average molecular weight is 748 g/mol. The number of hydrogen-bond acceptors (Lipinski definition) is 6. The van der Waals surface area contributed by atoms with Crippen molar-refractivity contribution in [1.82, 2.24) is 15.0 Å². The van der Waals surface area contributed by atoms with Gasteiger partial charge in [-0.3, -0.25) is 0 Å². The lowest BCUT2D eigenvalue weighted by molar-refractivity contribution is 0.669. The molecule has 0 aliphatic rings. The number of para-hydroxylation sites is 2. The molecule has 0 saturated carbocycles. The van der Waals surface area contributed by atoms with Crippen molar-refractivity contribution in [3.63, 3.8) is 0 Å².